The summed E-state index contributed by atoms with van der Waals surface area (Å²) in [6, 6.07) is -1.06. The van der Waals surface area contributed by atoms with Crippen LogP contribution in [0.25, 0.3) is 0 Å². The molecule has 0 aromatic rings. The first kappa shape index (κ1) is 10.5. The maximum atomic E-state index is 11.2. The molecule has 0 bridgehead atoms. The molecule has 2 amide bonds. The SMILES string of the molecule is CC(C)(C)C1C(=O)OC(=O)N1C(=O)O. The number of amides is 2. The third-order valence-electron chi connectivity index (χ3n) is 1.89. The van der Waals surface area contributed by atoms with Crippen molar-refractivity contribution in [1.29, 1.82) is 0 Å². The Hall–Kier alpha value is -1.59. The average Bonchev–Trinajstić information content (AvgIpc) is 2.23. The summed E-state index contributed by atoms with van der Waals surface area (Å²) in [7, 11) is 0. The Morgan fingerprint density at radius 3 is 2.21 bits per heavy atom. The molecule has 1 saturated heterocycles. The van der Waals surface area contributed by atoms with Gasteiger partial charge in [-0.25, -0.2) is 14.4 Å². The van der Waals surface area contributed by atoms with Crippen LogP contribution in [0.15, 0.2) is 0 Å². The second-order valence-electron chi connectivity index (χ2n) is 4.11. The van der Waals surface area contributed by atoms with E-state index in [1.54, 1.807) is 20.8 Å². The van der Waals surface area contributed by atoms with Gasteiger partial charge in [-0.1, -0.05) is 20.8 Å². The number of rotatable bonds is 0. The third kappa shape index (κ3) is 1.55. The number of carboxylic acid groups (broad SMARTS) is 1. The third-order valence-corrected chi connectivity index (χ3v) is 1.89. The molecule has 6 heteroatoms. The van der Waals surface area contributed by atoms with Gasteiger partial charge in [-0.15, -0.1) is 0 Å². The van der Waals surface area contributed by atoms with Crippen LogP contribution in [0.4, 0.5) is 9.59 Å². The number of hydrogen-bond donors (Lipinski definition) is 1. The van der Waals surface area contributed by atoms with E-state index in [0.29, 0.717) is 4.90 Å². The molecule has 0 saturated carbocycles. The molecule has 0 radical (unpaired) electrons. The number of cyclic esters (lactones) is 2. The first-order valence-corrected chi connectivity index (χ1v) is 4.03. The first-order valence-electron chi connectivity index (χ1n) is 4.03. The van der Waals surface area contributed by atoms with Crippen LogP contribution in [0.1, 0.15) is 20.8 Å². The lowest BCUT2D eigenvalue weighted by atomic mass is 9.86. The van der Waals surface area contributed by atoms with E-state index >= 15 is 0 Å². The van der Waals surface area contributed by atoms with E-state index in [1.807, 2.05) is 0 Å². The van der Waals surface area contributed by atoms with Crippen molar-refractivity contribution in [3.05, 3.63) is 0 Å². The number of esters is 1. The summed E-state index contributed by atoms with van der Waals surface area (Å²) in [5.74, 6) is -0.815. The lowest BCUT2D eigenvalue weighted by Gasteiger charge is -2.27. The molecule has 0 aromatic carbocycles. The van der Waals surface area contributed by atoms with Gasteiger partial charge in [0.25, 0.3) is 0 Å². The molecule has 1 fully saturated rings. The molecule has 1 aliphatic heterocycles. The molecular weight excluding hydrogens is 190 g/mol. The molecule has 1 rings (SSSR count). The molecule has 78 valence electrons. The van der Waals surface area contributed by atoms with Crippen molar-refractivity contribution in [2.75, 3.05) is 0 Å². The van der Waals surface area contributed by atoms with Gasteiger partial charge in [0.15, 0.2) is 0 Å². The minimum atomic E-state index is -1.47. The van der Waals surface area contributed by atoms with E-state index in [1.165, 1.54) is 0 Å². The van der Waals surface area contributed by atoms with E-state index < -0.39 is 29.6 Å². The summed E-state index contributed by atoms with van der Waals surface area (Å²) in [6.07, 6.45) is -2.59. The Labute approximate surface area is 80.4 Å². The minimum Gasteiger partial charge on any atom is -0.464 e. The fourth-order valence-corrected chi connectivity index (χ4v) is 1.33. The van der Waals surface area contributed by atoms with Gasteiger partial charge >= 0.3 is 18.2 Å². The standard InChI is InChI=1S/C8H11NO5/c1-8(2,3)4-5(10)14-7(13)9(4)6(11)12/h4H,1-3H3,(H,11,12). The number of carbonyl (C=O) groups is 3. The summed E-state index contributed by atoms with van der Waals surface area (Å²) in [6.45, 7) is 4.98. The van der Waals surface area contributed by atoms with Gasteiger partial charge in [0.05, 0.1) is 0 Å². The summed E-state index contributed by atoms with van der Waals surface area (Å²) < 4.78 is 4.24. The van der Waals surface area contributed by atoms with Gasteiger partial charge in [-0.2, -0.15) is 4.90 Å². The van der Waals surface area contributed by atoms with E-state index in [0.717, 1.165) is 0 Å². The monoisotopic (exact) mass is 201 g/mol. The van der Waals surface area contributed by atoms with Crippen LogP contribution < -0.4 is 0 Å². The zero-order chi connectivity index (χ0) is 11.1. The Balaban J connectivity index is 3.08. The molecule has 6 nitrogen and oxygen atoms in total. The van der Waals surface area contributed by atoms with Crippen LogP contribution in [0.5, 0.6) is 0 Å². The molecule has 1 N–H and O–H groups in total. The molecule has 14 heavy (non-hydrogen) atoms. The molecule has 0 spiro atoms. The van der Waals surface area contributed by atoms with Gasteiger partial charge in [-0.3, -0.25) is 0 Å². The van der Waals surface area contributed by atoms with Crippen LogP contribution >= 0.6 is 0 Å². The van der Waals surface area contributed by atoms with Crippen LogP contribution in [-0.4, -0.2) is 34.2 Å². The predicted octanol–water partition coefficient (Wildman–Crippen LogP) is 1.06. The van der Waals surface area contributed by atoms with E-state index in [9.17, 15) is 14.4 Å². The Kier molecular flexibility index (Phi) is 2.22. The topological polar surface area (TPSA) is 83.9 Å². The van der Waals surface area contributed by atoms with Crippen LogP contribution in [-0.2, 0) is 9.53 Å². The molecular formula is C8H11NO5. The predicted molar refractivity (Wildman–Crippen MR) is 44.6 cm³/mol. The lowest BCUT2D eigenvalue weighted by Crippen LogP contribution is -2.46. The van der Waals surface area contributed by atoms with Crippen molar-refractivity contribution < 1.29 is 24.2 Å². The molecule has 1 atom stereocenters. The van der Waals surface area contributed by atoms with Crippen LogP contribution in [0, 0.1) is 5.41 Å². The van der Waals surface area contributed by atoms with Crippen molar-refractivity contribution in [3.63, 3.8) is 0 Å². The number of imide groups is 1. The molecule has 1 heterocycles. The van der Waals surface area contributed by atoms with Crippen molar-refractivity contribution in [2.24, 2.45) is 5.41 Å². The van der Waals surface area contributed by atoms with Crippen molar-refractivity contribution >= 4 is 18.2 Å². The zero-order valence-electron chi connectivity index (χ0n) is 8.10. The Bertz CT molecular complexity index is 303. The van der Waals surface area contributed by atoms with Crippen molar-refractivity contribution in [2.45, 2.75) is 26.8 Å². The second kappa shape index (κ2) is 2.97. The highest BCUT2D eigenvalue weighted by Gasteiger charge is 2.51. The normalized spacial score (nSPS) is 22.5. The largest absolute Gasteiger partial charge is 0.464 e. The number of nitrogens with zero attached hydrogens (tertiary/aromatic N) is 1. The van der Waals surface area contributed by atoms with Gasteiger partial charge < -0.3 is 9.84 Å². The Morgan fingerprint density at radius 2 is 1.93 bits per heavy atom. The summed E-state index contributed by atoms with van der Waals surface area (Å²) in [4.78, 5) is 33.3. The van der Waals surface area contributed by atoms with E-state index in [-0.39, 0.29) is 0 Å². The molecule has 0 aliphatic carbocycles. The highest BCUT2D eigenvalue weighted by atomic mass is 16.6. The van der Waals surface area contributed by atoms with Crippen molar-refractivity contribution in [3.8, 4) is 0 Å². The minimum absolute atomic E-state index is 0.419. The number of hydrogen-bond acceptors (Lipinski definition) is 4. The fraction of sp³-hybridized carbons (Fsp3) is 0.625. The molecule has 1 unspecified atom stereocenters. The van der Waals surface area contributed by atoms with Crippen molar-refractivity contribution in [1.82, 2.24) is 4.90 Å². The summed E-state index contributed by atoms with van der Waals surface area (Å²) >= 11 is 0. The van der Waals surface area contributed by atoms with Crippen LogP contribution in [0.3, 0.4) is 0 Å². The molecule has 1 aliphatic rings. The van der Waals surface area contributed by atoms with Gasteiger partial charge in [0.2, 0.25) is 0 Å². The van der Waals surface area contributed by atoms with Gasteiger partial charge in [0, 0.05) is 0 Å². The highest BCUT2D eigenvalue weighted by Crippen LogP contribution is 2.30. The van der Waals surface area contributed by atoms with Gasteiger partial charge in [-0.05, 0) is 5.41 Å². The van der Waals surface area contributed by atoms with E-state index in [2.05, 4.69) is 4.74 Å². The quantitative estimate of drug-likeness (QED) is 0.468. The van der Waals surface area contributed by atoms with E-state index in [4.69, 9.17) is 5.11 Å². The zero-order valence-corrected chi connectivity index (χ0v) is 8.10. The number of carbonyl (C=O) groups excluding carboxylic acids is 2. The molecule has 0 aromatic heterocycles. The summed E-state index contributed by atoms with van der Waals surface area (Å²) in [5.41, 5.74) is -0.665. The fourth-order valence-electron chi connectivity index (χ4n) is 1.33. The maximum absolute atomic E-state index is 11.2. The second-order valence-corrected chi connectivity index (χ2v) is 4.11. The highest BCUT2D eigenvalue weighted by molar-refractivity contribution is 6.03. The smallest absolute Gasteiger partial charge is 0.427 e. The summed E-state index contributed by atoms with van der Waals surface area (Å²) in [5, 5.41) is 8.71. The van der Waals surface area contributed by atoms with Crippen LogP contribution in [0.2, 0.25) is 0 Å². The number of ether oxygens (including phenoxy) is 1. The average molecular weight is 201 g/mol. The van der Waals surface area contributed by atoms with Gasteiger partial charge in [0.1, 0.15) is 6.04 Å². The Morgan fingerprint density at radius 1 is 1.43 bits per heavy atom. The maximum Gasteiger partial charge on any atom is 0.427 e. The first-order chi connectivity index (χ1) is 6.25. The lowest BCUT2D eigenvalue weighted by molar-refractivity contribution is -0.138.